The lowest BCUT2D eigenvalue weighted by molar-refractivity contribution is -0.123. The lowest BCUT2D eigenvalue weighted by Crippen LogP contribution is -2.28. The molecule has 158 valence electrons. The van der Waals surface area contributed by atoms with Crippen molar-refractivity contribution in [3.63, 3.8) is 0 Å². The molecule has 7 nitrogen and oxygen atoms in total. The van der Waals surface area contributed by atoms with E-state index in [1.165, 1.54) is 25.3 Å². The quantitative estimate of drug-likeness (QED) is 0.508. The van der Waals surface area contributed by atoms with Gasteiger partial charge in [-0.3, -0.25) is 4.79 Å². The Morgan fingerprint density at radius 3 is 2.48 bits per heavy atom. The number of ether oxygens (including phenoxy) is 2. The summed E-state index contributed by atoms with van der Waals surface area (Å²) in [5, 5.41) is 3.67. The van der Waals surface area contributed by atoms with Crippen LogP contribution in [-0.4, -0.2) is 41.2 Å². The van der Waals surface area contributed by atoms with Crippen molar-refractivity contribution >= 4 is 50.7 Å². The molecule has 0 saturated heterocycles. The molecule has 2 aromatic carbocycles. The number of hydrogen-bond donors (Lipinski definition) is 2. The summed E-state index contributed by atoms with van der Waals surface area (Å²) in [7, 11) is -2.25. The largest absolute Gasteiger partial charge is 0.482 e. The summed E-state index contributed by atoms with van der Waals surface area (Å²) in [6.45, 7) is 0.274. The molecule has 0 fully saturated rings. The number of hydrogen-bond acceptors (Lipinski definition) is 5. The van der Waals surface area contributed by atoms with Gasteiger partial charge in [0.15, 0.2) is 6.61 Å². The van der Waals surface area contributed by atoms with Crippen LogP contribution in [-0.2, 0) is 26.1 Å². The third kappa shape index (κ3) is 7.33. The van der Waals surface area contributed by atoms with Gasteiger partial charge in [-0.2, -0.15) is 0 Å². The third-order valence-electron chi connectivity index (χ3n) is 3.66. The zero-order valence-corrected chi connectivity index (χ0v) is 18.5. The average Bonchev–Trinajstić information content (AvgIpc) is 2.66. The second-order valence-electron chi connectivity index (χ2n) is 5.78. The monoisotopic (exact) mass is 480 g/mol. The molecule has 2 N–H and O–H groups in total. The van der Waals surface area contributed by atoms with Gasteiger partial charge in [0.1, 0.15) is 5.75 Å². The van der Waals surface area contributed by atoms with Crippen molar-refractivity contribution in [1.82, 2.24) is 10.0 Å². The van der Waals surface area contributed by atoms with E-state index in [9.17, 15) is 13.2 Å². The Bertz CT molecular complexity index is 970. The van der Waals surface area contributed by atoms with E-state index in [0.29, 0.717) is 15.6 Å². The second kappa shape index (κ2) is 11.0. The van der Waals surface area contributed by atoms with E-state index in [0.717, 1.165) is 0 Å². The summed E-state index contributed by atoms with van der Waals surface area (Å²) in [6, 6.07) is 8.93. The zero-order chi connectivity index (χ0) is 21.4. The van der Waals surface area contributed by atoms with Gasteiger partial charge < -0.3 is 14.8 Å². The normalized spacial score (nSPS) is 11.3. The molecule has 0 aliphatic rings. The molecule has 29 heavy (non-hydrogen) atoms. The number of carbonyl (C=O) groups is 1. The Morgan fingerprint density at radius 2 is 1.83 bits per heavy atom. The number of carbonyl (C=O) groups excluding carboxylic acids is 1. The highest BCUT2D eigenvalue weighted by Crippen LogP contribution is 2.27. The van der Waals surface area contributed by atoms with Crippen LogP contribution in [0.25, 0.3) is 0 Å². The first-order valence-corrected chi connectivity index (χ1v) is 11.0. The van der Waals surface area contributed by atoms with Crippen molar-refractivity contribution in [3.05, 3.63) is 57.0 Å². The van der Waals surface area contributed by atoms with Crippen molar-refractivity contribution < 1.29 is 22.7 Å². The van der Waals surface area contributed by atoms with Crippen LogP contribution < -0.4 is 14.8 Å². The molecular weight excluding hydrogens is 463 g/mol. The van der Waals surface area contributed by atoms with Gasteiger partial charge in [-0.1, -0.05) is 40.9 Å². The van der Waals surface area contributed by atoms with Gasteiger partial charge in [-0.05, 0) is 35.9 Å². The SMILES string of the molecule is COCCNS(=O)(=O)c1ccc(OCC(=O)NCc2ccc(Cl)cc2Cl)c(Cl)c1. The first-order valence-electron chi connectivity index (χ1n) is 8.34. The number of nitrogens with one attached hydrogen (secondary N) is 2. The van der Waals surface area contributed by atoms with Crippen molar-refractivity contribution in [2.24, 2.45) is 0 Å². The average molecular weight is 482 g/mol. The first kappa shape index (κ1) is 23.7. The fourth-order valence-electron chi connectivity index (χ4n) is 2.18. The van der Waals surface area contributed by atoms with Crippen molar-refractivity contribution in [2.45, 2.75) is 11.4 Å². The standard InChI is InChI=1S/C18H19Cl3N2O5S/c1-27-7-6-23-29(25,26)14-4-5-17(16(21)9-14)28-11-18(24)22-10-12-2-3-13(19)8-15(12)20/h2-5,8-9,23H,6-7,10-11H2,1H3,(H,22,24). The second-order valence-corrected chi connectivity index (χ2v) is 8.80. The Balaban J connectivity index is 1.90. The molecule has 11 heteroatoms. The number of amides is 1. The molecule has 0 unspecified atom stereocenters. The highest BCUT2D eigenvalue weighted by atomic mass is 35.5. The molecule has 0 aliphatic carbocycles. The van der Waals surface area contributed by atoms with E-state index in [1.807, 2.05) is 0 Å². The molecule has 2 rings (SSSR count). The van der Waals surface area contributed by atoms with Gasteiger partial charge in [-0.15, -0.1) is 0 Å². The fraction of sp³-hybridized carbons (Fsp3) is 0.278. The lowest BCUT2D eigenvalue weighted by Gasteiger charge is -2.11. The van der Waals surface area contributed by atoms with E-state index in [-0.39, 0.29) is 42.0 Å². The molecule has 0 spiro atoms. The number of benzene rings is 2. The maximum atomic E-state index is 12.2. The van der Waals surface area contributed by atoms with Crippen molar-refractivity contribution in [1.29, 1.82) is 0 Å². The van der Waals surface area contributed by atoms with E-state index < -0.39 is 15.9 Å². The van der Waals surface area contributed by atoms with Crippen LogP contribution >= 0.6 is 34.8 Å². The Labute approximate surface area is 184 Å². The Hall–Kier alpha value is -1.55. The zero-order valence-electron chi connectivity index (χ0n) is 15.4. The van der Waals surface area contributed by atoms with Gasteiger partial charge in [0.25, 0.3) is 5.91 Å². The van der Waals surface area contributed by atoms with Gasteiger partial charge in [-0.25, -0.2) is 13.1 Å². The van der Waals surface area contributed by atoms with Gasteiger partial charge in [0.05, 0.1) is 16.5 Å². The Kier molecular flexibility index (Phi) is 9.01. The molecule has 0 aromatic heterocycles. The van der Waals surface area contributed by atoms with Crippen LogP contribution in [0.2, 0.25) is 15.1 Å². The molecule has 0 heterocycles. The minimum absolute atomic E-state index is 0.0206. The smallest absolute Gasteiger partial charge is 0.258 e. The summed E-state index contributed by atoms with van der Waals surface area (Å²) in [6.07, 6.45) is 0. The predicted molar refractivity (Wildman–Crippen MR) is 112 cm³/mol. The maximum Gasteiger partial charge on any atom is 0.258 e. The first-order chi connectivity index (χ1) is 13.7. The molecule has 0 atom stereocenters. The highest BCUT2D eigenvalue weighted by Gasteiger charge is 2.16. The number of halogens is 3. The van der Waals surface area contributed by atoms with E-state index in [4.69, 9.17) is 44.3 Å². The summed E-state index contributed by atoms with van der Waals surface area (Å²) >= 11 is 18.0. The summed E-state index contributed by atoms with van der Waals surface area (Å²) in [4.78, 5) is 12.0. The lowest BCUT2D eigenvalue weighted by atomic mass is 10.2. The third-order valence-corrected chi connectivity index (χ3v) is 6.00. The fourth-order valence-corrected chi connectivity index (χ4v) is 3.99. The highest BCUT2D eigenvalue weighted by molar-refractivity contribution is 7.89. The van der Waals surface area contributed by atoms with Gasteiger partial charge in [0.2, 0.25) is 10.0 Å². The van der Waals surface area contributed by atoms with E-state index >= 15 is 0 Å². The number of rotatable bonds is 10. The molecule has 1 amide bonds. The number of methoxy groups -OCH3 is 1. The number of sulfonamides is 1. The van der Waals surface area contributed by atoms with Crippen LogP contribution in [0.3, 0.4) is 0 Å². The molecule has 0 bridgehead atoms. The van der Waals surface area contributed by atoms with Gasteiger partial charge in [0, 0.05) is 30.2 Å². The summed E-state index contributed by atoms with van der Waals surface area (Å²) in [5.41, 5.74) is 0.706. The molecule has 0 saturated carbocycles. The minimum atomic E-state index is -3.72. The van der Waals surface area contributed by atoms with Crippen LogP contribution in [0.15, 0.2) is 41.3 Å². The van der Waals surface area contributed by atoms with E-state index in [2.05, 4.69) is 10.0 Å². The molecule has 2 aromatic rings. The van der Waals surface area contributed by atoms with Crippen LogP contribution in [0.1, 0.15) is 5.56 Å². The topological polar surface area (TPSA) is 93.7 Å². The maximum absolute atomic E-state index is 12.2. The van der Waals surface area contributed by atoms with Crippen molar-refractivity contribution in [2.75, 3.05) is 26.9 Å². The van der Waals surface area contributed by atoms with E-state index in [1.54, 1.807) is 18.2 Å². The van der Waals surface area contributed by atoms with Crippen LogP contribution in [0.5, 0.6) is 5.75 Å². The predicted octanol–water partition coefficient (Wildman–Crippen LogP) is 3.27. The molecule has 0 aliphatic heterocycles. The molecular formula is C18H19Cl3N2O5S. The Morgan fingerprint density at radius 1 is 1.07 bits per heavy atom. The van der Waals surface area contributed by atoms with Crippen LogP contribution in [0, 0.1) is 0 Å². The molecule has 0 radical (unpaired) electrons. The summed E-state index contributed by atoms with van der Waals surface area (Å²) in [5.74, 6) is -0.216. The summed E-state index contributed by atoms with van der Waals surface area (Å²) < 4.78 is 36.9. The van der Waals surface area contributed by atoms with Crippen molar-refractivity contribution in [3.8, 4) is 5.75 Å². The van der Waals surface area contributed by atoms with Crippen LogP contribution in [0.4, 0.5) is 0 Å². The minimum Gasteiger partial charge on any atom is -0.482 e. The van der Waals surface area contributed by atoms with Gasteiger partial charge >= 0.3 is 0 Å².